The number of fused-ring (bicyclic) bond motifs is 1. The van der Waals surface area contributed by atoms with Crippen LogP contribution < -0.4 is 0 Å². The SMILES string of the molecule is O=C(O)c1cccc2cc[se]c12. The molecule has 0 amide bonds. The summed E-state index contributed by atoms with van der Waals surface area (Å²) in [6.45, 7) is 0. The Balaban J connectivity index is 2.82. The van der Waals surface area contributed by atoms with Crippen molar-refractivity contribution in [2.45, 2.75) is 0 Å². The normalized spacial score (nSPS) is 10.3. The first-order chi connectivity index (χ1) is 5.79. The Morgan fingerprint density at radius 1 is 1.33 bits per heavy atom. The number of aromatic carboxylic acids is 1. The Morgan fingerprint density at radius 3 is 2.92 bits per heavy atom. The van der Waals surface area contributed by atoms with Crippen LogP contribution in [0.15, 0.2) is 29.2 Å². The van der Waals surface area contributed by atoms with Gasteiger partial charge >= 0.3 is 74.8 Å². The standard InChI is InChI=1S/C9H6O2Se/c10-9(11)7-3-1-2-6-4-5-12-8(6)7/h1-5H,(H,10,11). The van der Waals surface area contributed by atoms with Crippen molar-refractivity contribution in [3.63, 3.8) is 0 Å². The summed E-state index contributed by atoms with van der Waals surface area (Å²) in [4.78, 5) is 12.8. The maximum absolute atomic E-state index is 10.7. The Morgan fingerprint density at radius 2 is 2.17 bits per heavy atom. The van der Waals surface area contributed by atoms with Gasteiger partial charge in [0.1, 0.15) is 0 Å². The maximum atomic E-state index is 10.7. The van der Waals surface area contributed by atoms with E-state index in [4.69, 9.17) is 5.11 Å². The minimum atomic E-state index is -0.822. The van der Waals surface area contributed by atoms with Crippen molar-refractivity contribution in [1.29, 1.82) is 0 Å². The van der Waals surface area contributed by atoms with E-state index in [1.165, 1.54) is 0 Å². The molecule has 12 heavy (non-hydrogen) atoms. The number of rotatable bonds is 1. The molecule has 0 atom stereocenters. The number of carbonyl (C=O) groups is 1. The summed E-state index contributed by atoms with van der Waals surface area (Å²) >= 11 is 0.213. The predicted molar refractivity (Wildman–Crippen MR) is 47.8 cm³/mol. The predicted octanol–water partition coefficient (Wildman–Crippen LogP) is 1.59. The molecule has 0 saturated heterocycles. The van der Waals surface area contributed by atoms with Gasteiger partial charge in [0.2, 0.25) is 0 Å². The first-order valence-electron chi connectivity index (χ1n) is 3.48. The molecule has 0 saturated carbocycles. The number of benzene rings is 1. The van der Waals surface area contributed by atoms with Gasteiger partial charge in [-0.05, 0) is 0 Å². The molecule has 0 unspecified atom stereocenters. The van der Waals surface area contributed by atoms with Crippen LogP contribution in [0.25, 0.3) is 9.65 Å². The van der Waals surface area contributed by atoms with E-state index in [0.717, 1.165) is 9.65 Å². The molecule has 0 aliphatic heterocycles. The van der Waals surface area contributed by atoms with Crippen LogP contribution in [-0.4, -0.2) is 25.6 Å². The van der Waals surface area contributed by atoms with E-state index in [2.05, 4.69) is 0 Å². The zero-order valence-electron chi connectivity index (χ0n) is 6.15. The van der Waals surface area contributed by atoms with Gasteiger partial charge in [0.15, 0.2) is 0 Å². The quantitative estimate of drug-likeness (QED) is 0.748. The summed E-state index contributed by atoms with van der Waals surface area (Å²) in [5.74, 6) is -0.822. The Hall–Kier alpha value is -1.05. The zero-order chi connectivity index (χ0) is 8.55. The van der Waals surface area contributed by atoms with Crippen molar-refractivity contribution < 1.29 is 9.90 Å². The molecular formula is C9H6O2Se. The third-order valence-corrected chi connectivity index (χ3v) is 3.73. The van der Waals surface area contributed by atoms with Crippen molar-refractivity contribution >= 4 is 30.1 Å². The van der Waals surface area contributed by atoms with Crippen molar-refractivity contribution in [3.8, 4) is 0 Å². The number of carboxylic acid groups (broad SMARTS) is 1. The van der Waals surface area contributed by atoms with Crippen LogP contribution in [0.2, 0.25) is 0 Å². The van der Waals surface area contributed by atoms with Crippen LogP contribution in [0, 0.1) is 0 Å². The van der Waals surface area contributed by atoms with Gasteiger partial charge in [-0.2, -0.15) is 0 Å². The molecule has 0 spiro atoms. The fourth-order valence-corrected chi connectivity index (χ4v) is 3.06. The van der Waals surface area contributed by atoms with Crippen LogP contribution in [0.1, 0.15) is 10.4 Å². The molecule has 2 nitrogen and oxygen atoms in total. The molecule has 0 radical (unpaired) electrons. The monoisotopic (exact) mass is 226 g/mol. The summed E-state index contributed by atoms with van der Waals surface area (Å²) in [6, 6.07) is 7.39. The molecule has 0 aliphatic carbocycles. The van der Waals surface area contributed by atoms with Crippen LogP contribution >= 0.6 is 0 Å². The summed E-state index contributed by atoms with van der Waals surface area (Å²) in [6.07, 6.45) is 0. The fourth-order valence-electron chi connectivity index (χ4n) is 1.16. The topological polar surface area (TPSA) is 37.3 Å². The van der Waals surface area contributed by atoms with E-state index in [-0.39, 0.29) is 14.5 Å². The first kappa shape index (κ1) is 7.59. The fraction of sp³-hybridized carbons (Fsp3) is 0. The summed E-state index contributed by atoms with van der Waals surface area (Å²) in [5.41, 5.74) is 0.456. The van der Waals surface area contributed by atoms with E-state index in [9.17, 15) is 4.79 Å². The molecule has 1 N–H and O–H groups in total. The van der Waals surface area contributed by atoms with E-state index < -0.39 is 5.97 Å². The molecule has 0 bridgehead atoms. The van der Waals surface area contributed by atoms with Crippen LogP contribution in [0.5, 0.6) is 0 Å². The summed E-state index contributed by atoms with van der Waals surface area (Å²) in [5, 5.41) is 9.90. The van der Waals surface area contributed by atoms with Crippen LogP contribution in [-0.2, 0) is 0 Å². The van der Waals surface area contributed by atoms with Crippen molar-refractivity contribution in [1.82, 2.24) is 0 Å². The Kier molecular flexibility index (Phi) is 1.75. The zero-order valence-corrected chi connectivity index (χ0v) is 7.86. The van der Waals surface area contributed by atoms with Gasteiger partial charge in [-0.1, -0.05) is 0 Å². The molecule has 0 aliphatic rings. The molecular weight excluding hydrogens is 219 g/mol. The molecule has 60 valence electrons. The molecule has 2 rings (SSSR count). The van der Waals surface area contributed by atoms with Crippen molar-refractivity contribution in [2.75, 3.05) is 0 Å². The molecule has 0 fully saturated rings. The summed E-state index contributed by atoms with van der Waals surface area (Å²) < 4.78 is 0.998. The van der Waals surface area contributed by atoms with Crippen molar-refractivity contribution in [3.05, 3.63) is 34.8 Å². The average Bonchev–Trinajstić information content (AvgIpc) is 2.49. The van der Waals surface area contributed by atoms with Gasteiger partial charge in [0, 0.05) is 0 Å². The van der Waals surface area contributed by atoms with E-state index >= 15 is 0 Å². The summed E-state index contributed by atoms with van der Waals surface area (Å²) in [7, 11) is 0. The second-order valence-electron chi connectivity index (χ2n) is 2.45. The van der Waals surface area contributed by atoms with Gasteiger partial charge in [0.05, 0.1) is 0 Å². The van der Waals surface area contributed by atoms with Crippen LogP contribution in [0.4, 0.5) is 0 Å². The van der Waals surface area contributed by atoms with E-state index in [1.54, 1.807) is 12.1 Å². The molecule has 1 aromatic heterocycles. The average molecular weight is 225 g/mol. The molecule has 1 heterocycles. The Bertz CT molecular complexity index is 431. The second-order valence-corrected chi connectivity index (χ2v) is 4.37. The van der Waals surface area contributed by atoms with E-state index in [1.807, 2.05) is 17.1 Å². The van der Waals surface area contributed by atoms with Gasteiger partial charge in [-0.25, -0.2) is 0 Å². The van der Waals surface area contributed by atoms with E-state index in [0.29, 0.717) is 5.56 Å². The van der Waals surface area contributed by atoms with Crippen molar-refractivity contribution in [2.24, 2.45) is 0 Å². The molecule has 1 aromatic carbocycles. The van der Waals surface area contributed by atoms with Gasteiger partial charge < -0.3 is 0 Å². The third kappa shape index (κ3) is 1.07. The first-order valence-corrected chi connectivity index (χ1v) is 5.33. The minimum absolute atomic E-state index is 0.213. The number of hydrogen-bond acceptors (Lipinski definition) is 1. The van der Waals surface area contributed by atoms with Crippen LogP contribution in [0.3, 0.4) is 0 Å². The van der Waals surface area contributed by atoms with Gasteiger partial charge in [-0.15, -0.1) is 0 Å². The van der Waals surface area contributed by atoms with Gasteiger partial charge in [0.25, 0.3) is 0 Å². The van der Waals surface area contributed by atoms with Gasteiger partial charge in [-0.3, -0.25) is 0 Å². The molecule has 2 aromatic rings. The number of hydrogen-bond donors (Lipinski definition) is 1. The third-order valence-electron chi connectivity index (χ3n) is 1.71. The second kappa shape index (κ2) is 2.77. The number of carboxylic acids is 1. The Labute approximate surface area is 75.2 Å². The molecule has 3 heteroatoms.